The molecule has 0 aliphatic rings. The van der Waals surface area contributed by atoms with Crippen molar-refractivity contribution in [1.29, 1.82) is 0 Å². The molecule has 0 unspecified atom stereocenters. The van der Waals surface area contributed by atoms with E-state index in [4.69, 9.17) is 4.74 Å². The first-order valence-corrected chi connectivity index (χ1v) is 8.71. The topological polar surface area (TPSA) is 119 Å². The number of carbonyl (C=O) groups excluding carboxylic acids is 2. The Labute approximate surface area is 148 Å². The van der Waals surface area contributed by atoms with Gasteiger partial charge in [0.2, 0.25) is 11.1 Å². The summed E-state index contributed by atoms with van der Waals surface area (Å²) < 4.78 is 6.30. The molecule has 1 aromatic heterocycles. The second-order valence-corrected chi connectivity index (χ2v) is 5.88. The molecule has 0 bridgehead atoms. The second-order valence-electron chi connectivity index (χ2n) is 4.94. The molecule has 10 heteroatoms. The normalized spacial score (nSPS) is 10.4. The molecule has 25 heavy (non-hydrogen) atoms. The largest absolute Gasteiger partial charge is 0.508 e. The Hall–Kier alpha value is -2.62. The molecule has 9 nitrogen and oxygen atoms in total. The number of phenolic OH excluding ortho intramolecular Hbond substituents is 1. The zero-order valence-electron chi connectivity index (χ0n) is 13.7. The van der Waals surface area contributed by atoms with Crippen LogP contribution < -0.4 is 5.32 Å². The van der Waals surface area contributed by atoms with Crippen LogP contribution in [-0.4, -0.2) is 56.1 Å². The van der Waals surface area contributed by atoms with Gasteiger partial charge in [-0.25, -0.2) is 0 Å². The van der Waals surface area contributed by atoms with Gasteiger partial charge in [-0.2, -0.15) is 4.68 Å². The van der Waals surface area contributed by atoms with Crippen molar-refractivity contribution in [3.8, 4) is 11.4 Å². The van der Waals surface area contributed by atoms with E-state index in [-0.39, 0.29) is 29.8 Å². The van der Waals surface area contributed by atoms with Gasteiger partial charge in [-0.1, -0.05) is 11.8 Å². The highest BCUT2D eigenvalue weighted by molar-refractivity contribution is 7.99. The number of ether oxygens (including phenoxy) is 1. The fourth-order valence-electron chi connectivity index (χ4n) is 1.90. The maximum atomic E-state index is 11.8. The Bertz CT molecular complexity index is 704. The highest BCUT2D eigenvalue weighted by Crippen LogP contribution is 2.19. The number of hydrogen-bond acceptors (Lipinski definition) is 8. The highest BCUT2D eigenvalue weighted by atomic mass is 32.2. The van der Waals surface area contributed by atoms with Crippen LogP contribution in [-0.2, 0) is 14.3 Å². The van der Waals surface area contributed by atoms with Gasteiger partial charge in [-0.15, -0.1) is 5.10 Å². The van der Waals surface area contributed by atoms with Crippen molar-refractivity contribution in [3.05, 3.63) is 24.3 Å². The van der Waals surface area contributed by atoms with Crippen LogP contribution >= 0.6 is 11.8 Å². The predicted octanol–water partition coefficient (Wildman–Crippen LogP) is 0.919. The first kappa shape index (κ1) is 18.7. The number of esters is 1. The number of aromatic nitrogens is 4. The minimum atomic E-state index is -0.265. The number of phenols is 1. The zero-order valence-corrected chi connectivity index (χ0v) is 14.5. The Morgan fingerprint density at radius 3 is 2.80 bits per heavy atom. The summed E-state index contributed by atoms with van der Waals surface area (Å²) in [5.41, 5.74) is 0.681. The van der Waals surface area contributed by atoms with Crippen LogP contribution in [0, 0.1) is 0 Å². The van der Waals surface area contributed by atoms with Gasteiger partial charge in [0.15, 0.2) is 0 Å². The number of hydrogen-bond donors (Lipinski definition) is 2. The van der Waals surface area contributed by atoms with Crippen molar-refractivity contribution in [2.45, 2.75) is 24.9 Å². The highest BCUT2D eigenvalue weighted by Gasteiger charge is 2.11. The molecular weight excluding hydrogens is 346 g/mol. The Morgan fingerprint density at radius 2 is 2.08 bits per heavy atom. The minimum absolute atomic E-state index is 0.147. The number of tetrazole rings is 1. The van der Waals surface area contributed by atoms with Crippen molar-refractivity contribution < 1.29 is 19.4 Å². The monoisotopic (exact) mass is 365 g/mol. The molecule has 0 atom stereocenters. The minimum Gasteiger partial charge on any atom is -0.508 e. The second kappa shape index (κ2) is 9.62. The number of rotatable bonds is 9. The average molecular weight is 365 g/mol. The number of amides is 1. The molecule has 0 saturated heterocycles. The van der Waals surface area contributed by atoms with E-state index in [1.807, 2.05) is 0 Å². The van der Waals surface area contributed by atoms with Crippen molar-refractivity contribution in [1.82, 2.24) is 25.5 Å². The van der Waals surface area contributed by atoms with Gasteiger partial charge in [0.1, 0.15) is 5.75 Å². The molecule has 0 aliphatic carbocycles. The molecule has 2 N–H and O–H groups in total. The fraction of sp³-hybridized carbons (Fsp3) is 0.400. The molecule has 1 amide bonds. The SMILES string of the molecule is CCOC(=O)CCCNC(=O)CSc1nnnn1-c1ccc(O)cc1. The molecule has 0 radical (unpaired) electrons. The van der Waals surface area contributed by atoms with Crippen LogP contribution in [0.2, 0.25) is 0 Å². The summed E-state index contributed by atoms with van der Waals surface area (Å²) in [6, 6.07) is 6.40. The third kappa shape index (κ3) is 6.07. The van der Waals surface area contributed by atoms with E-state index in [0.717, 1.165) is 0 Å². The Morgan fingerprint density at radius 1 is 1.32 bits per heavy atom. The molecule has 0 saturated carbocycles. The predicted molar refractivity (Wildman–Crippen MR) is 90.4 cm³/mol. The van der Waals surface area contributed by atoms with Crippen LogP contribution in [0.4, 0.5) is 0 Å². The van der Waals surface area contributed by atoms with Crippen molar-refractivity contribution >= 4 is 23.6 Å². The number of nitrogens with one attached hydrogen (secondary N) is 1. The molecule has 0 aliphatic heterocycles. The van der Waals surface area contributed by atoms with E-state index in [9.17, 15) is 14.7 Å². The zero-order chi connectivity index (χ0) is 18.1. The quantitative estimate of drug-likeness (QED) is 0.382. The van der Waals surface area contributed by atoms with E-state index in [1.165, 1.54) is 28.6 Å². The molecule has 1 heterocycles. The fourth-order valence-corrected chi connectivity index (χ4v) is 2.62. The summed E-state index contributed by atoms with van der Waals surface area (Å²) in [6.45, 7) is 2.52. The lowest BCUT2D eigenvalue weighted by atomic mass is 10.3. The van der Waals surface area contributed by atoms with Crippen LogP contribution in [0.5, 0.6) is 5.75 Å². The van der Waals surface area contributed by atoms with Gasteiger partial charge in [-0.3, -0.25) is 9.59 Å². The van der Waals surface area contributed by atoms with E-state index in [1.54, 1.807) is 19.1 Å². The smallest absolute Gasteiger partial charge is 0.305 e. The Balaban J connectivity index is 1.76. The van der Waals surface area contributed by atoms with Crippen LogP contribution in [0.15, 0.2) is 29.4 Å². The lowest BCUT2D eigenvalue weighted by Gasteiger charge is -2.06. The van der Waals surface area contributed by atoms with Crippen LogP contribution in [0.3, 0.4) is 0 Å². The lowest BCUT2D eigenvalue weighted by molar-refractivity contribution is -0.143. The van der Waals surface area contributed by atoms with Gasteiger partial charge in [0.05, 0.1) is 18.0 Å². The summed E-state index contributed by atoms with van der Waals surface area (Å²) in [4.78, 5) is 23.0. The van der Waals surface area contributed by atoms with Gasteiger partial charge in [-0.05, 0) is 48.0 Å². The lowest BCUT2D eigenvalue weighted by Crippen LogP contribution is -2.26. The number of benzene rings is 1. The van der Waals surface area contributed by atoms with Crippen LogP contribution in [0.1, 0.15) is 19.8 Å². The summed E-state index contributed by atoms with van der Waals surface area (Å²) in [5.74, 6) is -0.140. The van der Waals surface area contributed by atoms with Gasteiger partial charge in [0.25, 0.3) is 0 Å². The average Bonchev–Trinajstić information content (AvgIpc) is 3.06. The maximum absolute atomic E-state index is 11.8. The van der Waals surface area contributed by atoms with E-state index < -0.39 is 0 Å². The standard InChI is InChI=1S/C15H19N5O4S/c1-2-24-14(23)4-3-9-16-13(22)10-25-15-17-18-19-20(15)11-5-7-12(21)8-6-11/h5-8,21H,2-4,9-10H2,1H3,(H,16,22). The third-order valence-electron chi connectivity index (χ3n) is 3.05. The first-order valence-electron chi connectivity index (χ1n) is 7.73. The van der Waals surface area contributed by atoms with Crippen molar-refractivity contribution in [2.75, 3.05) is 18.9 Å². The molecular formula is C15H19N5O4S. The van der Waals surface area contributed by atoms with Gasteiger partial charge < -0.3 is 15.2 Å². The number of carbonyl (C=O) groups is 2. The third-order valence-corrected chi connectivity index (χ3v) is 3.97. The summed E-state index contributed by atoms with van der Waals surface area (Å²) in [6.07, 6.45) is 0.806. The molecule has 2 aromatic rings. The summed E-state index contributed by atoms with van der Waals surface area (Å²) in [7, 11) is 0. The van der Waals surface area contributed by atoms with Crippen molar-refractivity contribution in [3.63, 3.8) is 0 Å². The number of nitrogens with zero attached hydrogens (tertiary/aromatic N) is 4. The van der Waals surface area contributed by atoms with Gasteiger partial charge in [0, 0.05) is 13.0 Å². The Kier molecular flexibility index (Phi) is 7.20. The van der Waals surface area contributed by atoms with Crippen molar-refractivity contribution in [2.24, 2.45) is 0 Å². The first-order chi connectivity index (χ1) is 12.1. The summed E-state index contributed by atoms with van der Waals surface area (Å²) in [5, 5.41) is 23.9. The summed E-state index contributed by atoms with van der Waals surface area (Å²) >= 11 is 1.19. The van der Waals surface area contributed by atoms with E-state index in [0.29, 0.717) is 30.4 Å². The van der Waals surface area contributed by atoms with E-state index >= 15 is 0 Å². The molecule has 2 rings (SSSR count). The van der Waals surface area contributed by atoms with E-state index in [2.05, 4.69) is 20.8 Å². The molecule has 1 aromatic carbocycles. The van der Waals surface area contributed by atoms with Crippen LogP contribution in [0.25, 0.3) is 5.69 Å². The number of thioether (sulfide) groups is 1. The molecule has 0 fully saturated rings. The number of aromatic hydroxyl groups is 1. The molecule has 0 spiro atoms. The molecule has 134 valence electrons. The maximum Gasteiger partial charge on any atom is 0.305 e. The van der Waals surface area contributed by atoms with Gasteiger partial charge >= 0.3 is 5.97 Å².